The van der Waals surface area contributed by atoms with E-state index in [2.05, 4.69) is 0 Å². The molecule has 1 fully saturated rings. The fraction of sp³-hybridized carbons (Fsp3) is 0.417. The van der Waals surface area contributed by atoms with E-state index in [4.69, 9.17) is 0 Å². The maximum absolute atomic E-state index is 11.8. The highest BCUT2D eigenvalue weighted by atomic mass is 32.2. The molecule has 1 N–H and O–H groups in total. The van der Waals surface area contributed by atoms with Crippen molar-refractivity contribution in [2.24, 2.45) is 0 Å². The van der Waals surface area contributed by atoms with Gasteiger partial charge in [0.05, 0.1) is 18.4 Å². The van der Waals surface area contributed by atoms with Gasteiger partial charge in [0.2, 0.25) is 5.91 Å². The van der Waals surface area contributed by atoms with Crippen molar-refractivity contribution in [1.29, 1.82) is 0 Å². The van der Waals surface area contributed by atoms with Gasteiger partial charge in [0, 0.05) is 12.3 Å². The number of nitrogens with zero attached hydrogens (tertiary/aromatic N) is 1. The second-order valence-electron chi connectivity index (χ2n) is 3.75. The van der Waals surface area contributed by atoms with Crippen LogP contribution in [0.5, 0.6) is 0 Å². The first-order valence-electron chi connectivity index (χ1n) is 5.36. The molecule has 1 aromatic carbocycles. The molecule has 1 amide bonds. The molecule has 16 heavy (non-hydrogen) atoms. The lowest BCUT2D eigenvalue weighted by atomic mass is 10.1. The van der Waals surface area contributed by atoms with Crippen LogP contribution in [0.4, 0.5) is 0 Å². The van der Waals surface area contributed by atoms with Gasteiger partial charge in [-0.1, -0.05) is 30.3 Å². The van der Waals surface area contributed by atoms with Crippen molar-refractivity contribution in [1.82, 2.24) is 4.90 Å². The molecule has 0 aliphatic carbocycles. The lowest BCUT2D eigenvalue weighted by molar-refractivity contribution is -0.131. The van der Waals surface area contributed by atoms with Gasteiger partial charge in [0.1, 0.15) is 0 Å². The molecule has 0 spiro atoms. The van der Waals surface area contributed by atoms with Crippen LogP contribution in [-0.4, -0.2) is 40.6 Å². The maximum atomic E-state index is 11.8. The molecule has 1 aliphatic rings. The van der Waals surface area contributed by atoms with E-state index in [1.807, 2.05) is 30.3 Å². The Morgan fingerprint density at radius 2 is 2.12 bits per heavy atom. The van der Waals surface area contributed by atoms with Crippen LogP contribution in [0.15, 0.2) is 30.3 Å². The smallest absolute Gasteiger partial charge is 0.233 e. The number of hydrogen-bond acceptors (Lipinski definition) is 3. The quantitative estimate of drug-likeness (QED) is 0.861. The zero-order valence-electron chi connectivity index (χ0n) is 9.00. The van der Waals surface area contributed by atoms with Crippen LogP contribution in [0.3, 0.4) is 0 Å². The van der Waals surface area contributed by atoms with Gasteiger partial charge in [0.25, 0.3) is 0 Å². The minimum absolute atomic E-state index is 0.0135. The molecule has 2 rings (SSSR count). The summed E-state index contributed by atoms with van der Waals surface area (Å²) in [6.45, 7) is 0.712. The summed E-state index contributed by atoms with van der Waals surface area (Å²) in [7, 11) is 0. The molecule has 0 aromatic heterocycles. The first-order valence-corrected chi connectivity index (χ1v) is 6.51. The van der Waals surface area contributed by atoms with E-state index < -0.39 is 0 Å². The summed E-state index contributed by atoms with van der Waals surface area (Å²) in [4.78, 5) is 13.5. The largest absolute Gasteiger partial charge is 0.394 e. The number of hydrogen-bond donors (Lipinski definition) is 1. The third kappa shape index (κ3) is 2.39. The average Bonchev–Trinajstić information content (AvgIpc) is 2.34. The predicted octanol–water partition coefficient (Wildman–Crippen LogP) is 1.30. The summed E-state index contributed by atoms with van der Waals surface area (Å²) < 4.78 is 0. The normalized spacial score (nSPS) is 18.6. The molecule has 1 aliphatic heterocycles. The summed E-state index contributed by atoms with van der Waals surface area (Å²) in [5.74, 6) is 1.61. The molecule has 0 radical (unpaired) electrons. The van der Waals surface area contributed by atoms with E-state index in [9.17, 15) is 9.90 Å². The van der Waals surface area contributed by atoms with Gasteiger partial charge in [0.15, 0.2) is 0 Å². The van der Waals surface area contributed by atoms with Crippen molar-refractivity contribution >= 4 is 17.7 Å². The second kappa shape index (κ2) is 5.37. The van der Waals surface area contributed by atoms with Crippen molar-refractivity contribution in [2.75, 3.05) is 24.7 Å². The summed E-state index contributed by atoms with van der Waals surface area (Å²) in [5, 5.41) is 9.45. The standard InChI is InChI=1S/C12H15NO2S/c14-8-11(10-4-2-1-3-5-10)13-6-7-16-9-12(13)15/h1-5,11,14H,6-9H2/t11-/m0/s1. The minimum atomic E-state index is -0.186. The van der Waals surface area contributed by atoms with Crippen LogP contribution >= 0.6 is 11.8 Å². The summed E-state index contributed by atoms with van der Waals surface area (Å²) >= 11 is 1.66. The van der Waals surface area contributed by atoms with Crippen molar-refractivity contribution in [3.63, 3.8) is 0 Å². The molecular weight excluding hydrogens is 222 g/mol. The van der Waals surface area contributed by atoms with Gasteiger partial charge in [-0.25, -0.2) is 0 Å². The number of carbonyl (C=O) groups excluding carboxylic acids is 1. The Morgan fingerprint density at radius 1 is 1.38 bits per heavy atom. The maximum Gasteiger partial charge on any atom is 0.233 e. The number of rotatable bonds is 3. The predicted molar refractivity (Wildman–Crippen MR) is 65.3 cm³/mol. The number of aliphatic hydroxyl groups is 1. The molecule has 0 saturated carbocycles. The summed E-state index contributed by atoms with van der Waals surface area (Å²) in [6.07, 6.45) is 0. The van der Waals surface area contributed by atoms with Crippen LogP contribution in [-0.2, 0) is 4.79 Å². The highest BCUT2D eigenvalue weighted by Crippen LogP contribution is 2.24. The topological polar surface area (TPSA) is 40.5 Å². The van der Waals surface area contributed by atoms with Gasteiger partial charge in [-0.05, 0) is 5.56 Å². The van der Waals surface area contributed by atoms with Gasteiger partial charge in [-0.2, -0.15) is 11.8 Å². The second-order valence-corrected chi connectivity index (χ2v) is 4.85. The van der Waals surface area contributed by atoms with E-state index in [1.54, 1.807) is 16.7 Å². The fourth-order valence-electron chi connectivity index (χ4n) is 1.92. The third-order valence-corrected chi connectivity index (χ3v) is 3.68. The molecular formula is C12H15NO2S. The molecule has 0 unspecified atom stereocenters. The average molecular weight is 237 g/mol. The highest BCUT2D eigenvalue weighted by Gasteiger charge is 2.26. The van der Waals surface area contributed by atoms with Gasteiger partial charge in [-0.3, -0.25) is 4.79 Å². The van der Waals surface area contributed by atoms with Crippen LogP contribution < -0.4 is 0 Å². The molecule has 3 nitrogen and oxygen atoms in total. The highest BCUT2D eigenvalue weighted by molar-refractivity contribution is 8.00. The Kier molecular flexibility index (Phi) is 3.85. The number of carbonyl (C=O) groups is 1. The van der Waals surface area contributed by atoms with Crippen molar-refractivity contribution < 1.29 is 9.90 Å². The van der Waals surface area contributed by atoms with Crippen molar-refractivity contribution in [3.05, 3.63) is 35.9 Å². The molecule has 0 bridgehead atoms. The van der Waals surface area contributed by atoms with Crippen LogP contribution in [0.25, 0.3) is 0 Å². The third-order valence-electron chi connectivity index (χ3n) is 2.76. The van der Waals surface area contributed by atoms with Crippen molar-refractivity contribution in [3.8, 4) is 0 Å². The van der Waals surface area contributed by atoms with Gasteiger partial charge >= 0.3 is 0 Å². The van der Waals surface area contributed by atoms with Gasteiger partial charge in [-0.15, -0.1) is 0 Å². The Labute approximate surface area is 99.5 Å². The monoisotopic (exact) mass is 237 g/mol. The van der Waals surface area contributed by atoms with Crippen LogP contribution in [0, 0.1) is 0 Å². The number of thioether (sulfide) groups is 1. The van der Waals surface area contributed by atoms with Crippen LogP contribution in [0.1, 0.15) is 11.6 Å². The number of aliphatic hydroxyl groups excluding tert-OH is 1. The van der Waals surface area contributed by atoms with E-state index in [0.29, 0.717) is 5.75 Å². The Hall–Kier alpha value is -1.00. The summed E-state index contributed by atoms with van der Waals surface area (Å²) in [6, 6.07) is 9.52. The van der Waals surface area contributed by atoms with Crippen molar-refractivity contribution in [2.45, 2.75) is 6.04 Å². The molecule has 1 heterocycles. The zero-order valence-corrected chi connectivity index (χ0v) is 9.82. The first-order chi connectivity index (χ1) is 7.83. The Bertz CT molecular complexity index is 355. The summed E-state index contributed by atoms with van der Waals surface area (Å²) in [5.41, 5.74) is 1.00. The SMILES string of the molecule is O=C1CSCCN1[C@@H](CO)c1ccccc1. The van der Waals surface area contributed by atoms with E-state index in [1.165, 1.54) is 0 Å². The van der Waals surface area contributed by atoms with Crippen LogP contribution in [0.2, 0.25) is 0 Å². The lowest BCUT2D eigenvalue weighted by Crippen LogP contribution is -2.42. The van der Waals surface area contributed by atoms with E-state index in [0.717, 1.165) is 17.9 Å². The molecule has 4 heteroatoms. The number of benzene rings is 1. The first kappa shape index (κ1) is 11.5. The molecule has 1 aromatic rings. The molecule has 1 saturated heterocycles. The zero-order chi connectivity index (χ0) is 11.4. The Morgan fingerprint density at radius 3 is 2.75 bits per heavy atom. The Balaban J connectivity index is 2.18. The fourth-order valence-corrected chi connectivity index (χ4v) is 2.73. The number of amides is 1. The van der Waals surface area contributed by atoms with E-state index in [-0.39, 0.29) is 18.6 Å². The lowest BCUT2D eigenvalue weighted by Gasteiger charge is -2.33. The van der Waals surface area contributed by atoms with Gasteiger partial charge < -0.3 is 10.0 Å². The van der Waals surface area contributed by atoms with E-state index >= 15 is 0 Å². The molecule has 1 atom stereocenters. The molecule has 86 valence electrons. The minimum Gasteiger partial charge on any atom is -0.394 e.